The molecule has 3 aromatic heterocycles. The normalized spacial score (nSPS) is 21.3. The van der Waals surface area contributed by atoms with Crippen molar-refractivity contribution in [1.29, 1.82) is 0 Å². The second kappa shape index (κ2) is 14.0. The van der Waals surface area contributed by atoms with Crippen LogP contribution in [0, 0.1) is 11.3 Å². The van der Waals surface area contributed by atoms with E-state index < -0.39 is 12.4 Å². The molecule has 13 nitrogen and oxygen atoms in total. The van der Waals surface area contributed by atoms with Gasteiger partial charge in [0.2, 0.25) is 11.9 Å². The van der Waals surface area contributed by atoms with Gasteiger partial charge < -0.3 is 24.7 Å². The number of carboxylic acids is 1. The minimum absolute atomic E-state index is 0.00827. The Morgan fingerprint density at radius 1 is 1.00 bits per heavy atom. The highest BCUT2D eigenvalue weighted by atomic mass is 19.3. The molecular formula is C40H48F2N10O3. The van der Waals surface area contributed by atoms with Crippen LogP contribution in [0.25, 0.3) is 11.1 Å². The summed E-state index contributed by atoms with van der Waals surface area (Å²) in [5.41, 5.74) is 5.56. The lowest BCUT2D eigenvalue weighted by Gasteiger charge is -2.42. The maximum atomic E-state index is 14.7. The number of carbonyl (C=O) groups excluding carboxylic acids is 1. The van der Waals surface area contributed by atoms with Gasteiger partial charge in [-0.15, -0.1) is 0 Å². The highest BCUT2D eigenvalue weighted by Crippen LogP contribution is 2.56. The number of aromatic carboxylic acids is 1. The van der Waals surface area contributed by atoms with Crippen LogP contribution in [0.2, 0.25) is 0 Å². The molecule has 7 heterocycles. The molecule has 1 unspecified atom stereocenters. The van der Waals surface area contributed by atoms with Crippen molar-refractivity contribution in [3.63, 3.8) is 0 Å². The number of hydrogen-bond acceptors (Lipinski definition) is 9. The van der Waals surface area contributed by atoms with Crippen molar-refractivity contribution >= 4 is 29.3 Å². The first-order chi connectivity index (χ1) is 26.6. The summed E-state index contributed by atoms with van der Waals surface area (Å²) in [5.74, 6) is 1.01. The second-order valence-corrected chi connectivity index (χ2v) is 16.3. The van der Waals surface area contributed by atoms with E-state index in [1.165, 1.54) is 30.9 Å². The molecule has 290 valence electrons. The van der Waals surface area contributed by atoms with Crippen LogP contribution in [0.3, 0.4) is 0 Å². The van der Waals surface area contributed by atoms with E-state index in [2.05, 4.69) is 34.4 Å². The number of carbonyl (C=O) groups is 2. The number of piperidine rings is 2. The molecule has 0 bridgehead atoms. The maximum absolute atomic E-state index is 14.7. The predicted molar refractivity (Wildman–Crippen MR) is 202 cm³/mol. The Bertz CT molecular complexity index is 2100. The first kappa shape index (κ1) is 35.8. The van der Waals surface area contributed by atoms with Crippen LogP contribution in [0.5, 0.6) is 0 Å². The van der Waals surface area contributed by atoms with Crippen LogP contribution in [0.1, 0.15) is 90.7 Å². The summed E-state index contributed by atoms with van der Waals surface area (Å²) in [6, 6.07) is 3.80. The molecule has 1 spiro atoms. The fourth-order valence-corrected chi connectivity index (χ4v) is 9.72. The number of benzene rings is 1. The summed E-state index contributed by atoms with van der Waals surface area (Å²) in [5, 5.41) is 18.8. The zero-order chi connectivity index (χ0) is 38.0. The number of anilines is 3. The van der Waals surface area contributed by atoms with Gasteiger partial charge in [-0.1, -0.05) is 0 Å². The molecule has 5 aliphatic rings. The van der Waals surface area contributed by atoms with Crippen LogP contribution in [-0.4, -0.2) is 102 Å². The number of aromatic nitrogens is 6. The van der Waals surface area contributed by atoms with E-state index in [0.717, 1.165) is 93.9 Å². The Balaban J connectivity index is 0.934. The highest BCUT2D eigenvalue weighted by Gasteiger charge is 2.53. The van der Waals surface area contributed by atoms with E-state index in [1.54, 1.807) is 37.1 Å². The third-order valence-electron chi connectivity index (χ3n) is 12.9. The molecule has 1 aromatic carbocycles. The van der Waals surface area contributed by atoms with Gasteiger partial charge >= 0.3 is 5.97 Å². The highest BCUT2D eigenvalue weighted by molar-refractivity contribution is 5.86. The Morgan fingerprint density at radius 2 is 1.78 bits per heavy atom. The van der Waals surface area contributed by atoms with Gasteiger partial charge in [0.05, 0.1) is 24.3 Å². The van der Waals surface area contributed by atoms with Gasteiger partial charge in [0.25, 0.3) is 6.43 Å². The predicted octanol–water partition coefficient (Wildman–Crippen LogP) is 5.64. The summed E-state index contributed by atoms with van der Waals surface area (Å²) in [4.78, 5) is 41.5. The third-order valence-corrected chi connectivity index (χ3v) is 12.9. The van der Waals surface area contributed by atoms with Gasteiger partial charge in [-0.3, -0.25) is 14.2 Å². The van der Waals surface area contributed by atoms with Gasteiger partial charge in [0.15, 0.2) is 5.82 Å². The molecule has 0 radical (unpaired) electrons. The second-order valence-electron chi connectivity index (χ2n) is 16.3. The first-order valence-corrected chi connectivity index (χ1v) is 19.7. The Morgan fingerprint density at radius 3 is 2.45 bits per heavy atom. The standard InChI is InChI=1S/C40H48F2N10O3/c1-25(53)49-15-8-34-33(23-49)37(51-11-3-4-26-16-31(28-20-45-47(2)21-28)32(36(41)42)17-35(26)51)46-52(34)30-6-12-48(13-7-30)22-29-5-14-50(24-40(29)9-10-40)39-43-18-27(19-44-39)38(54)55/h16-21,29-30,36H,3-15,22-24H2,1-2H3,(H,54,55). The van der Waals surface area contributed by atoms with Crippen molar-refractivity contribution < 1.29 is 23.5 Å². The molecule has 1 atom stereocenters. The molecule has 15 heteroatoms. The van der Waals surface area contributed by atoms with Gasteiger partial charge in [-0.25, -0.2) is 23.5 Å². The van der Waals surface area contributed by atoms with Crippen molar-refractivity contribution in [1.82, 2.24) is 39.3 Å². The monoisotopic (exact) mass is 754 g/mol. The summed E-state index contributed by atoms with van der Waals surface area (Å²) in [6.45, 7) is 8.17. The molecule has 1 amide bonds. The van der Waals surface area contributed by atoms with Crippen LogP contribution >= 0.6 is 0 Å². The molecule has 1 N–H and O–H groups in total. The van der Waals surface area contributed by atoms with Crippen molar-refractivity contribution in [2.45, 2.75) is 77.3 Å². The molecule has 1 saturated carbocycles. The third kappa shape index (κ3) is 6.63. The van der Waals surface area contributed by atoms with Crippen molar-refractivity contribution in [3.8, 4) is 11.1 Å². The molecule has 4 aromatic rings. The fourth-order valence-electron chi connectivity index (χ4n) is 9.72. The minimum Gasteiger partial charge on any atom is -0.478 e. The van der Waals surface area contributed by atoms with Crippen LogP contribution < -0.4 is 9.80 Å². The summed E-state index contributed by atoms with van der Waals surface area (Å²) in [7, 11) is 1.79. The van der Waals surface area contributed by atoms with Crippen molar-refractivity contribution in [2.24, 2.45) is 18.4 Å². The quantitative estimate of drug-likeness (QED) is 0.241. The number of hydrogen-bond donors (Lipinski definition) is 1. The zero-order valence-corrected chi connectivity index (χ0v) is 31.5. The lowest BCUT2D eigenvalue weighted by atomic mass is 9.81. The van der Waals surface area contributed by atoms with Crippen LogP contribution in [0.4, 0.5) is 26.2 Å². The minimum atomic E-state index is -2.65. The largest absolute Gasteiger partial charge is 0.478 e. The SMILES string of the molecule is CC(=O)N1CCc2c(c(N3CCCc4cc(-c5cnn(C)c5)c(C(F)F)cc43)nn2C2CCN(CC3CCN(c4ncc(C(=O)O)cn4)CC34CC4)CC2)C1. The van der Waals surface area contributed by atoms with Gasteiger partial charge in [0, 0.05) is 113 Å². The van der Waals surface area contributed by atoms with Crippen LogP contribution in [-0.2, 0) is 31.2 Å². The van der Waals surface area contributed by atoms with E-state index in [0.29, 0.717) is 42.6 Å². The molecule has 9 rings (SSSR count). The maximum Gasteiger partial charge on any atom is 0.338 e. The molecular weight excluding hydrogens is 707 g/mol. The van der Waals surface area contributed by atoms with E-state index in [-0.39, 0.29) is 28.5 Å². The molecule has 3 fully saturated rings. The Labute approximate surface area is 318 Å². The topological polar surface area (TPSA) is 129 Å². The van der Waals surface area contributed by atoms with Crippen molar-refractivity contribution in [2.75, 3.05) is 55.6 Å². The Hall–Kier alpha value is -4.92. The lowest BCUT2D eigenvalue weighted by molar-refractivity contribution is -0.129. The molecule has 1 aliphatic carbocycles. The van der Waals surface area contributed by atoms with E-state index in [9.17, 15) is 23.5 Å². The van der Waals surface area contributed by atoms with E-state index in [1.807, 2.05) is 11.0 Å². The van der Waals surface area contributed by atoms with Crippen LogP contribution in [0.15, 0.2) is 36.9 Å². The molecule has 55 heavy (non-hydrogen) atoms. The number of aryl methyl sites for hydroxylation is 2. The fraction of sp³-hybridized carbons (Fsp3) is 0.550. The average Bonchev–Trinajstić information content (AvgIpc) is 3.64. The number of carboxylic acid groups (broad SMARTS) is 1. The number of likely N-dealkylation sites (tertiary alicyclic amines) is 1. The molecule has 4 aliphatic heterocycles. The summed E-state index contributed by atoms with van der Waals surface area (Å²) >= 11 is 0. The number of fused-ring (bicyclic) bond motifs is 2. The van der Waals surface area contributed by atoms with E-state index in [4.69, 9.17) is 5.10 Å². The lowest BCUT2D eigenvalue weighted by Crippen LogP contribution is -2.48. The number of rotatable bonds is 8. The van der Waals surface area contributed by atoms with E-state index >= 15 is 0 Å². The van der Waals surface area contributed by atoms with Gasteiger partial charge in [-0.2, -0.15) is 10.2 Å². The summed E-state index contributed by atoms with van der Waals surface area (Å²) < 4.78 is 33.3. The van der Waals surface area contributed by atoms with Gasteiger partial charge in [-0.05, 0) is 79.5 Å². The first-order valence-electron chi connectivity index (χ1n) is 19.7. The molecule has 2 saturated heterocycles. The number of halogens is 2. The number of alkyl halides is 2. The van der Waals surface area contributed by atoms with Gasteiger partial charge in [0.1, 0.15) is 0 Å². The number of nitrogens with zero attached hydrogens (tertiary/aromatic N) is 10. The Kier molecular flexibility index (Phi) is 9.09. The average molecular weight is 755 g/mol. The zero-order valence-electron chi connectivity index (χ0n) is 31.5. The smallest absolute Gasteiger partial charge is 0.338 e. The number of amides is 1. The summed E-state index contributed by atoms with van der Waals surface area (Å²) in [6.07, 6.45) is 11.3. The van der Waals surface area contributed by atoms with Crippen molar-refractivity contribution in [3.05, 3.63) is 64.9 Å².